The molecular formula is C11H22N2O. The highest BCUT2D eigenvalue weighted by Gasteiger charge is 2.35. The van der Waals surface area contributed by atoms with Crippen LogP contribution in [0.3, 0.4) is 0 Å². The van der Waals surface area contributed by atoms with E-state index >= 15 is 0 Å². The first-order valence-electron chi connectivity index (χ1n) is 5.78. The Morgan fingerprint density at radius 3 is 2.79 bits per heavy atom. The smallest absolute Gasteiger partial charge is 0.233 e. The fourth-order valence-corrected chi connectivity index (χ4v) is 1.74. The summed E-state index contributed by atoms with van der Waals surface area (Å²) in [5.41, 5.74) is 0. The Labute approximate surface area is 86.6 Å². The Kier molecular flexibility index (Phi) is 4.94. The second-order valence-electron chi connectivity index (χ2n) is 4.12. The molecule has 3 heteroatoms. The third-order valence-corrected chi connectivity index (χ3v) is 2.68. The van der Waals surface area contributed by atoms with Gasteiger partial charge in [0.25, 0.3) is 0 Å². The third kappa shape index (κ3) is 4.09. The molecule has 14 heavy (non-hydrogen) atoms. The number of carbonyl (C=O) groups excluding carboxylic acids is 1. The lowest BCUT2D eigenvalue weighted by Gasteiger charge is -2.04. The summed E-state index contributed by atoms with van der Waals surface area (Å²) in [7, 11) is 0. The van der Waals surface area contributed by atoms with Crippen LogP contribution in [0.1, 0.15) is 39.5 Å². The molecule has 0 aromatic carbocycles. The summed E-state index contributed by atoms with van der Waals surface area (Å²) < 4.78 is 0. The number of amides is 1. The van der Waals surface area contributed by atoms with E-state index in [-0.39, 0.29) is 5.91 Å². The monoisotopic (exact) mass is 198 g/mol. The van der Waals surface area contributed by atoms with E-state index in [0.717, 1.165) is 18.9 Å². The summed E-state index contributed by atoms with van der Waals surface area (Å²) in [4.78, 5) is 11.2. The molecule has 1 rings (SSSR count). The van der Waals surface area contributed by atoms with Crippen LogP contribution in [-0.2, 0) is 4.79 Å². The summed E-state index contributed by atoms with van der Waals surface area (Å²) in [5.74, 6) is 0.966. The molecule has 1 fully saturated rings. The van der Waals surface area contributed by atoms with Gasteiger partial charge in [0.1, 0.15) is 0 Å². The molecule has 2 unspecified atom stereocenters. The van der Waals surface area contributed by atoms with Crippen molar-refractivity contribution in [3.05, 3.63) is 0 Å². The van der Waals surface area contributed by atoms with Gasteiger partial charge in [-0.05, 0) is 25.2 Å². The number of hydrogen-bond acceptors (Lipinski definition) is 2. The number of nitrogens with one attached hydrogen (secondary N) is 2. The van der Waals surface area contributed by atoms with Crippen molar-refractivity contribution in [1.82, 2.24) is 10.6 Å². The first-order chi connectivity index (χ1) is 6.77. The van der Waals surface area contributed by atoms with Gasteiger partial charge in [-0.15, -0.1) is 0 Å². The minimum Gasteiger partial charge on any atom is -0.355 e. The number of rotatable bonds is 7. The van der Waals surface area contributed by atoms with Gasteiger partial charge in [-0.1, -0.05) is 20.3 Å². The molecule has 0 spiro atoms. The van der Waals surface area contributed by atoms with Crippen LogP contribution in [0, 0.1) is 5.92 Å². The van der Waals surface area contributed by atoms with E-state index in [1.165, 1.54) is 19.3 Å². The van der Waals surface area contributed by atoms with Gasteiger partial charge >= 0.3 is 0 Å². The predicted octanol–water partition coefficient (Wildman–Crippen LogP) is 1.29. The molecule has 2 N–H and O–H groups in total. The van der Waals surface area contributed by atoms with Crippen LogP contribution < -0.4 is 10.6 Å². The topological polar surface area (TPSA) is 41.1 Å². The largest absolute Gasteiger partial charge is 0.355 e. The van der Waals surface area contributed by atoms with Crippen LogP contribution in [0.4, 0.5) is 0 Å². The Morgan fingerprint density at radius 1 is 1.36 bits per heavy atom. The SMILES string of the molecule is CCCNC(=O)CNC1CC1CCC. The van der Waals surface area contributed by atoms with Crippen molar-refractivity contribution in [2.24, 2.45) is 5.92 Å². The fourth-order valence-electron chi connectivity index (χ4n) is 1.74. The van der Waals surface area contributed by atoms with Gasteiger partial charge in [0, 0.05) is 12.6 Å². The summed E-state index contributed by atoms with van der Waals surface area (Å²) >= 11 is 0. The molecule has 0 saturated heterocycles. The van der Waals surface area contributed by atoms with E-state index in [9.17, 15) is 4.79 Å². The van der Waals surface area contributed by atoms with Gasteiger partial charge in [0.15, 0.2) is 0 Å². The van der Waals surface area contributed by atoms with Crippen LogP contribution in [-0.4, -0.2) is 25.0 Å². The number of hydrogen-bond donors (Lipinski definition) is 2. The van der Waals surface area contributed by atoms with Crippen molar-refractivity contribution in [2.75, 3.05) is 13.1 Å². The zero-order chi connectivity index (χ0) is 10.4. The van der Waals surface area contributed by atoms with Crippen molar-refractivity contribution in [3.8, 4) is 0 Å². The zero-order valence-electron chi connectivity index (χ0n) is 9.31. The summed E-state index contributed by atoms with van der Waals surface area (Å²) in [6.07, 6.45) is 4.82. The average Bonchev–Trinajstić information content (AvgIpc) is 2.91. The molecule has 1 amide bonds. The van der Waals surface area contributed by atoms with Crippen LogP contribution >= 0.6 is 0 Å². The molecule has 3 nitrogen and oxygen atoms in total. The molecule has 0 aliphatic heterocycles. The standard InChI is InChI=1S/C11H22N2O/c1-3-5-9-7-10(9)13-8-11(14)12-6-4-2/h9-10,13H,3-8H2,1-2H3,(H,12,14). The van der Waals surface area contributed by atoms with Crippen molar-refractivity contribution >= 4 is 5.91 Å². The molecule has 82 valence electrons. The second kappa shape index (κ2) is 6.02. The summed E-state index contributed by atoms with van der Waals surface area (Å²) in [6, 6.07) is 0.613. The van der Waals surface area contributed by atoms with E-state index in [2.05, 4.69) is 24.5 Å². The zero-order valence-corrected chi connectivity index (χ0v) is 9.31. The molecule has 1 aliphatic rings. The highest BCUT2D eigenvalue weighted by atomic mass is 16.1. The maximum atomic E-state index is 11.2. The van der Waals surface area contributed by atoms with E-state index in [1.54, 1.807) is 0 Å². The van der Waals surface area contributed by atoms with Crippen molar-refractivity contribution in [3.63, 3.8) is 0 Å². The predicted molar refractivity (Wildman–Crippen MR) is 58.1 cm³/mol. The van der Waals surface area contributed by atoms with Crippen LogP contribution in [0.15, 0.2) is 0 Å². The van der Waals surface area contributed by atoms with Crippen molar-refractivity contribution in [1.29, 1.82) is 0 Å². The average molecular weight is 198 g/mol. The van der Waals surface area contributed by atoms with Gasteiger partial charge in [-0.25, -0.2) is 0 Å². The van der Waals surface area contributed by atoms with Crippen LogP contribution in [0.25, 0.3) is 0 Å². The molecule has 0 aromatic rings. The van der Waals surface area contributed by atoms with Crippen molar-refractivity contribution < 1.29 is 4.79 Å². The Morgan fingerprint density at radius 2 is 2.14 bits per heavy atom. The maximum Gasteiger partial charge on any atom is 0.233 e. The van der Waals surface area contributed by atoms with E-state index < -0.39 is 0 Å². The van der Waals surface area contributed by atoms with Gasteiger partial charge < -0.3 is 10.6 Å². The first kappa shape index (κ1) is 11.5. The Hall–Kier alpha value is -0.570. The Balaban J connectivity index is 1.96. The lowest BCUT2D eigenvalue weighted by molar-refractivity contribution is -0.120. The normalized spacial score (nSPS) is 24.7. The Bertz CT molecular complexity index is 182. The summed E-state index contributed by atoms with van der Waals surface area (Å²) in [5, 5.41) is 6.15. The first-order valence-corrected chi connectivity index (χ1v) is 5.78. The molecule has 2 atom stereocenters. The maximum absolute atomic E-state index is 11.2. The fraction of sp³-hybridized carbons (Fsp3) is 0.909. The van der Waals surface area contributed by atoms with Gasteiger partial charge in [-0.3, -0.25) is 4.79 Å². The highest BCUT2D eigenvalue weighted by Crippen LogP contribution is 2.34. The van der Waals surface area contributed by atoms with Gasteiger partial charge in [-0.2, -0.15) is 0 Å². The van der Waals surface area contributed by atoms with Gasteiger partial charge in [0.05, 0.1) is 6.54 Å². The molecule has 0 aromatic heterocycles. The van der Waals surface area contributed by atoms with Crippen LogP contribution in [0.2, 0.25) is 0 Å². The van der Waals surface area contributed by atoms with E-state index in [0.29, 0.717) is 12.6 Å². The minimum atomic E-state index is 0.133. The minimum absolute atomic E-state index is 0.133. The quantitative estimate of drug-likeness (QED) is 0.647. The highest BCUT2D eigenvalue weighted by molar-refractivity contribution is 5.78. The molecule has 0 heterocycles. The van der Waals surface area contributed by atoms with E-state index in [1.807, 2.05) is 0 Å². The van der Waals surface area contributed by atoms with Gasteiger partial charge in [0.2, 0.25) is 5.91 Å². The summed E-state index contributed by atoms with van der Waals surface area (Å²) in [6.45, 7) is 5.56. The molecule has 1 aliphatic carbocycles. The lowest BCUT2D eigenvalue weighted by Crippen LogP contribution is -2.35. The van der Waals surface area contributed by atoms with Crippen molar-refractivity contribution in [2.45, 2.75) is 45.6 Å². The molecular weight excluding hydrogens is 176 g/mol. The third-order valence-electron chi connectivity index (χ3n) is 2.68. The second-order valence-corrected chi connectivity index (χ2v) is 4.12. The van der Waals surface area contributed by atoms with E-state index in [4.69, 9.17) is 0 Å². The number of carbonyl (C=O) groups is 1. The molecule has 0 radical (unpaired) electrons. The van der Waals surface area contributed by atoms with Crippen LogP contribution in [0.5, 0.6) is 0 Å². The lowest BCUT2D eigenvalue weighted by atomic mass is 10.2. The molecule has 1 saturated carbocycles. The molecule has 0 bridgehead atoms.